The molecule has 0 spiro atoms. The van der Waals surface area contributed by atoms with Gasteiger partial charge in [0.2, 0.25) is 0 Å². The highest BCUT2D eigenvalue weighted by Gasteiger charge is 2.38. The Morgan fingerprint density at radius 2 is 0.967 bits per heavy atom. The fourth-order valence-corrected chi connectivity index (χ4v) is 4.00. The first-order valence-electron chi connectivity index (χ1n) is 9.86. The molecule has 0 unspecified atom stereocenters. The van der Waals surface area contributed by atoms with Crippen LogP contribution in [0.4, 0.5) is 0 Å². The SMILES string of the molecule is C=CC(=O)Oc1ccc(C(c2ccccc2)(c2ccccc2)c2ccccc2)cc1. The number of carbonyl (C=O) groups excluding carboxylic acids is 1. The van der Waals surface area contributed by atoms with Crippen LogP contribution in [0.3, 0.4) is 0 Å². The molecule has 0 atom stereocenters. The molecule has 0 amide bonds. The third-order valence-electron chi connectivity index (χ3n) is 5.29. The molecule has 4 aromatic carbocycles. The number of hydrogen-bond donors (Lipinski definition) is 0. The summed E-state index contributed by atoms with van der Waals surface area (Å²) >= 11 is 0. The van der Waals surface area contributed by atoms with E-state index in [2.05, 4.69) is 79.4 Å². The maximum Gasteiger partial charge on any atom is 0.335 e. The maximum absolute atomic E-state index is 11.6. The zero-order chi connectivity index (χ0) is 20.8. The molecule has 0 aliphatic heterocycles. The molecule has 2 heteroatoms. The summed E-state index contributed by atoms with van der Waals surface area (Å²) in [7, 11) is 0. The molecule has 0 aliphatic carbocycles. The van der Waals surface area contributed by atoms with Gasteiger partial charge in [0.15, 0.2) is 0 Å². The van der Waals surface area contributed by atoms with Crippen molar-refractivity contribution in [3.63, 3.8) is 0 Å². The topological polar surface area (TPSA) is 26.3 Å². The van der Waals surface area contributed by atoms with E-state index in [0.717, 1.165) is 11.6 Å². The molecule has 4 aromatic rings. The third-order valence-corrected chi connectivity index (χ3v) is 5.29. The van der Waals surface area contributed by atoms with Crippen LogP contribution in [0.2, 0.25) is 0 Å². The Hall–Kier alpha value is -3.91. The summed E-state index contributed by atoms with van der Waals surface area (Å²) in [4.78, 5) is 11.6. The average Bonchev–Trinajstić information content (AvgIpc) is 2.83. The highest BCUT2D eigenvalue weighted by molar-refractivity contribution is 5.83. The van der Waals surface area contributed by atoms with Gasteiger partial charge in [-0.05, 0) is 34.4 Å². The van der Waals surface area contributed by atoms with Gasteiger partial charge >= 0.3 is 5.97 Å². The average molecular weight is 390 g/mol. The zero-order valence-electron chi connectivity index (χ0n) is 16.6. The molecule has 0 N–H and O–H groups in total. The molecular weight excluding hydrogens is 368 g/mol. The summed E-state index contributed by atoms with van der Waals surface area (Å²) < 4.78 is 5.29. The predicted molar refractivity (Wildman–Crippen MR) is 121 cm³/mol. The summed E-state index contributed by atoms with van der Waals surface area (Å²) in [6.07, 6.45) is 1.16. The van der Waals surface area contributed by atoms with E-state index in [9.17, 15) is 4.79 Å². The normalized spacial score (nSPS) is 10.9. The highest BCUT2D eigenvalue weighted by Crippen LogP contribution is 2.45. The maximum atomic E-state index is 11.6. The van der Waals surface area contributed by atoms with Crippen LogP contribution < -0.4 is 4.74 Å². The lowest BCUT2D eigenvalue weighted by Crippen LogP contribution is -2.30. The molecule has 0 fully saturated rings. The van der Waals surface area contributed by atoms with Crippen molar-refractivity contribution in [2.24, 2.45) is 0 Å². The molecule has 4 rings (SSSR count). The third kappa shape index (κ3) is 3.56. The number of rotatable bonds is 6. The van der Waals surface area contributed by atoms with Crippen LogP contribution in [0, 0.1) is 0 Å². The molecule has 0 bridgehead atoms. The Morgan fingerprint density at radius 1 is 0.600 bits per heavy atom. The van der Waals surface area contributed by atoms with E-state index in [1.807, 2.05) is 42.5 Å². The van der Waals surface area contributed by atoms with Crippen molar-refractivity contribution in [2.45, 2.75) is 5.41 Å². The van der Waals surface area contributed by atoms with E-state index in [-0.39, 0.29) is 0 Å². The largest absolute Gasteiger partial charge is 0.423 e. The molecule has 0 aromatic heterocycles. The van der Waals surface area contributed by atoms with Crippen molar-refractivity contribution < 1.29 is 9.53 Å². The summed E-state index contributed by atoms with van der Waals surface area (Å²) in [5.74, 6) is 0.0231. The molecule has 0 aliphatic rings. The number of esters is 1. The second-order valence-electron chi connectivity index (χ2n) is 7.00. The molecule has 30 heavy (non-hydrogen) atoms. The molecule has 2 nitrogen and oxygen atoms in total. The standard InChI is InChI=1S/C28H22O2/c1-2-27(29)30-26-20-18-25(19-21-26)28(22-12-6-3-7-13-22,23-14-8-4-9-15-23)24-16-10-5-11-17-24/h2-21H,1H2. The van der Waals surface area contributed by atoms with Crippen molar-refractivity contribution in [1.29, 1.82) is 0 Å². The fourth-order valence-electron chi connectivity index (χ4n) is 4.00. The monoisotopic (exact) mass is 390 g/mol. The van der Waals surface area contributed by atoms with Crippen molar-refractivity contribution in [2.75, 3.05) is 0 Å². The predicted octanol–water partition coefficient (Wildman–Crippen LogP) is 6.16. The minimum atomic E-state index is -0.509. The van der Waals surface area contributed by atoms with Crippen LogP contribution in [-0.4, -0.2) is 5.97 Å². The first-order chi connectivity index (χ1) is 14.7. The van der Waals surface area contributed by atoms with Gasteiger partial charge < -0.3 is 4.74 Å². The second kappa shape index (κ2) is 8.62. The number of carbonyl (C=O) groups is 1. The van der Waals surface area contributed by atoms with Gasteiger partial charge in [-0.15, -0.1) is 0 Å². The van der Waals surface area contributed by atoms with E-state index in [1.54, 1.807) is 0 Å². The van der Waals surface area contributed by atoms with Crippen LogP contribution in [-0.2, 0) is 10.2 Å². The van der Waals surface area contributed by atoms with E-state index < -0.39 is 11.4 Å². The minimum Gasteiger partial charge on any atom is -0.423 e. The van der Waals surface area contributed by atoms with Gasteiger partial charge in [-0.1, -0.05) is 110 Å². The van der Waals surface area contributed by atoms with Crippen molar-refractivity contribution >= 4 is 5.97 Å². The lowest BCUT2D eigenvalue weighted by atomic mass is 9.65. The van der Waals surface area contributed by atoms with Gasteiger partial charge in [0.1, 0.15) is 5.75 Å². The Bertz CT molecular complexity index is 1020. The Morgan fingerprint density at radius 3 is 1.33 bits per heavy atom. The first kappa shape index (κ1) is 19.4. The number of ether oxygens (including phenoxy) is 1. The van der Waals surface area contributed by atoms with Gasteiger partial charge in [0.05, 0.1) is 5.41 Å². The van der Waals surface area contributed by atoms with Gasteiger partial charge in [-0.25, -0.2) is 4.79 Å². The smallest absolute Gasteiger partial charge is 0.335 e. The quantitative estimate of drug-likeness (QED) is 0.171. The second-order valence-corrected chi connectivity index (χ2v) is 7.00. The molecular formula is C28H22O2. The molecule has 0 saturated carbocycles. The number of benzene rings is 4. The van der Waals surface area contributed by atoms with Crippen LogP contribution >= 0.6 is 0 Å². The molecule has 0 saturated heterocycles. The summed E-state index contributed by atoms with van der Waals surface area (Å²) in [6.45, 7) is 3.46. The van der Waals surface area contributed by atoms with E-state index >= 15 is 0 Å². The van der Waals surface area contributed by atoms with E-state index in [0.29, 0.717) is 5.75 Å². The van der Waals surface area contributed by atoms with Crippen molar-refractivity contribution in [3.8, 4) is 5.75 Å². The fraction of sp³-hybridized carbons (Fsp3) is 0.0357. The Labute approximate surface area is 177 Å². The molecule has 146 valence electrons. The Balaban J connectivity index is 1.98. The van der Waals surface area contributed by atoms with Crippen LogP contribution in [0.25, 0.3) is 0 Å². The highest BCUT2D eigenvalue weighted by atomic mass is 16.5. The van der Waals surface area contributed by atoms with Crippen molar-refractivity contribution in [3.05, 3.63) is 150 Å². The summed E-state index contributed by atoms with van der Waals surface area (Å²) in [5, 5.41) is 0. The van der Waals surface area contributed by atoms with Crippen LogP contribution in [0.15, 0.2) is 128 Å². The Kier molecular flexibility index (Phi) is 5.58. The van der Waals surface area contributed by atoms with E-state index in [1.165, 1.54) is 16.7 Å². The van der Waals surface area contributed by atoms with Gasteiger partial charge in [0, 0.05) is 6.08 Å². The van der Waals surface area contributed by atoms with Crippen LogP contribution in [0.1, 0.15) is 22.3 Å². The lowest BCUT2D eigenvalue weighted by molar-refractivity contribution is -0.128. The number of hydrogen-bond acceptors (Lipinski definition) is 2. The lowest BCUT2D eigenvalue weighted by Gasteiger charge is -2.36. The molecule has 0 radical (unpaired) electrons. The van der Waals surface area contributed by atoms with Gasteiger partial charge in [-0.3, -0.25) is 0 Å². The molecule has 0 heterocycles. The minimum absolute atomic E-state index is 0.469. The summed E-state index contributed by atoms with van der Waals surface area (Å²) in [6, 6.07) is 39.2. The van der Waals surface area contributed by atoms with Gasteiger partial charge in [0.25, 0.3) is 0 Å². The zero-order valence-corrected chi connectivity index (χ0v) is 16.6. The van der Waals surface area contributed by atoms with Crippen molar-refractivity contribution in [1.82, 2.24) is 0 Å². The van der Waals surface area contributed by atoms with E-state index in [4.69, 9.17) is 4.74 Å². The first-order valence-corrected chi connectivity index (χ1v) is 9.86. The summed E-state index contributed by atoms with van der Waals surface area (Å²) in [5.41, 5.74) is 4.07. The van der Waals surface area contributed by atoms with Gasteiger partial charge in [-0.2, -0.15) is 0 Å². The van der Waals surface area contributed by atoms with Crippen LogP contribution in [0.5, 0.6) is 5.75 Å².